The third kappa shape index (κ3) is 2.67. The lowest BCUT2D eigenvalue weighted by molar-refractivity contribution is -0.667. The fourth-order valence-corrected chi connectivity index (χ4v) is 2.55. The summed E-state index contributed by atoms with van der Waals surface area (Å²) in [6.07, 6.45) is 1.19. The van der Waals surface area contributed by atoms with Crippen molar-refractivity contribution in [3.63, 3.8) is 0 Å². The van der Waals surface area contributed by atoms with E-state index in [1.807, 2.05) is 11.3 Å². The Morgan fingerprint density at radius 3 is 2.86 bits per heavy atom. The molecule has 0 aliphatic rings. The minimum Gasteiger partial charge on any atom is -1.00 e. The molecule has 0 spiro atoms. The maximum Gasteiger partial charge on any atom is 0.225 e. The van der Waals surface area contributed by atoms with Gasteiger partial charge in [0.2, 0.25) is 11.0 Å². The van der Waals surface area contributed by atoms with E-state index in [4.69, 9.17) is 0 Å². The first-order valence-corrected chi connectivity index (χ1v) is 6.33. The first-order valence-electron chi connectivity index (χ1n) is 4.33. The number of alkyl halides is 1. The normalized spacial score (nSPS) is 10.1. The summed E-state index contributed by atoms with van der Waals surface area (Å²) in [6.45, 7) is 1.11. The van der Waals surface area contributed by atoms with Crippen LogP contribution in [-0.2, 0) is 6.54 Å². The Hall–Kier alpha value is 0.320. The molecule has 2 rings (SSSR count). The van der Waals surface area contributed by atoms with Gasteiger partial charge in [0.05, 0.1) is 0 Å². The lowest BCUT2D eigenvalue weighted by atomic mass is 10.3. The van der Waals surface area contributed by atoms with Gasteiger partial charge in [-0.25, -0.2) is 0 Å². The molecule has 0 unspecified atom stereocenters. The van der Waals surface area contributed by atoms with Crippen LogP contribution in [0.1, 0.15) is 6.42 Å². The van der Waals surface area contributed by atoms with E-state index in [9.17, 15) is 0 Å². The van der Waals surface area contributed by atoms with Gasteiger partial charge in [-0.05, 0) is 6.07 Å². The summed E-state index contributed by atoms with van der Waals surface area (Å²) in [4.78, 5) is 0. The highest BCUT2D eigenvalue weighted by Crippen LogP contribution is 2.14. The van der Waals surface area contributed by atoms with Gasteiger partial charge in [-0.2, -0.15) is 4.57 Å². The summed E-state index contributed by atoms with van der Waals surface area (Å²) in [5.41, 5.74) is 3.56. The number of aromatic nitrogens is 1. The molecule has 0 aliphatic heterocycles. The number of aryl methyl sites for hydroxylation is 1. The van der Waals surface area contributed by atoms with Crippen molar-refractivity contribution in [3.05, 3.63) is 29.8 Å². The molecule has 0 fully saturated rings. The lowest BCUT2D eigenvalue weighted by Gasteiger charge is -1.90. The first kappa shape index (κ1) is 12.4. The molecule has 1 nitrogen and oxygen atoms in total. The molecule has 0 saturated heterocycles. The number of halogens is 2. The van der Waals surface area contributed by atoms with Gasteiger partial charge < -0.3 is 24.0 Å². The Bertz CT molecular complexity index is 402. The van der Waals surface area contributed by atoms with Crippen LogP contribution in [-0.4, -0.2) is 5.33 Å². The highest BCUT2D eigenvalue weighted by Gasteiger charge is 2.08. The number of hydrogen-bond acceptors (Lipinski definition) is 1. The second-order valence-electron chi connectivity index (χ2n) is 2.93. The molecule has 14 heavy (non-hydrogen) atoms. The van der Waals surface area contributed by atoms with Gasteiger partial charge in [0.25, 0.3) is 0 Å². The van der Waals surface area contributed by atoms with Crippen molar-refractivity contribution in [2.24, 2.45) is 0 Å². The van der Waals surface area contributed by atoms with E-state index >= 15 is 0 Å². The van der Waals surface area contributed by atoms with Crippen molar-refractivity contribution in [2.45, 2.75) is 13.0 Å². The average Bonchev–Trinajstić information content (AvgIpc) is 2.58. The number of benzene rings is 1. The van der Waals surface area contributed by atoms with Crippen LogP contribution >= 0.6 is 27.3 Å². The fraction of sp³-hybridized carbons (Fsp3) is 0.300. The van der Waals surface area contributed by atoms with Gasteiger partial charge in [0, 0.05) is 17.8 Å². The fourth-order valence-electron chi connectivity index (χ4n) is 1.37. The van der Waals surface area contributed by atoms with Crippen LogP contribution in [0.5, 0.6) is 0 Å². The van der Waals surface area contributed by atoms with Gasteiger partial charge in [0.15, 0.2) is 6.54 Å². The van der Waals surface area contributed by atoms with E-state index in [2.05, 4.69) is 50.3 Å². The van der Waals surface area contributed by atoms with Crippen LogP contribution in [0.2, 0.25) is 0 Å². The van der Waals surface area contributed by atoms with Crippen molar-refractivity contribution in [3.8, 4) is 0 Å². The highest BCUT2D eigenvalue weighted by molar-refractivity contribution is 9.09. The second-order valence-corrected chi connectivity index (χ2v) is 4.61. The summed E-state index contributed by atoms with van der Waals surface area (Å²) in [5, 5.41) is 1.07. The standard InChI is InChI=1S/C10H11BrNS.HI/c11-6-3-7-12-8-13-10-5-2-1-4-9(10)12;/h1-2,4-5,8H,3,6-7H2;1H/q+1;/p-1. The van der Waals surface area contributed by atoms with Crippen LogP contribution in [0.4, 0.5) is 0 Å². The van der Waals surface area contributed by atoms with Crippen LogP contribution in [0.25, 0.3) is 10.2 Å². The van der Waals surface area contributed by atoms with Crippen LogP contribution in [0.15, 0.2) is 29.8 Å². The Morgan fingerprint density at radius 2 is 2.07 bits per heavy atom. The smallest absolute Gasteiger partial charge is 0.225 e. The molecule has 0 radical (unpaired) electrons. The molecule has 0 bridgehead atoms. The summed E-state index contributed by atoms with van der Waals surface area (Å²) in [7, 11) is 0. The minimum absolute atomic E-state index is 0. The van der Waals surface area contributed by atoms with Crippen LogP contribution < -0.4 is 28.5 Å². The zero-order valence-corrected chi connectivity index (χ0v) is 12.2. The van der Waals surface area contributed by atoms with Crippen molar-refractivity contribution in [1.29, 1.82) is 0 Å². The molecule has 1 heterocycles. The van der Waals surface area contributed by atoms with Gasteiger partial charge in [-0.15, -0.1) is 0 Å². The number of rotatable bonds is 3. The molecule has 0 aliphatic carbocycles. The zero-order valence-electron chi connectivity index (χ0n) is 7.62. The summed E-state index contributed by atoms with van der Waals surface area (Å²) >= 11 is 5.26. The Morgan fingerprint density at radius 1 is 1.29 bits per heavy atom. The Kier molecular flexibility index (Phi) is 5.33. The van der Waals surface area contributed by atoms with Crippen molar-refractivity contribution < 1.29 is 28.5 Å². The minimum atomic E-state index is 0. The van der Waals surface area contributed by atoms with E-state index in [1.165, 1.54) is 16.6 Å². The third-order valence-corrected chi connectivity index (χ3v) is 3.53. The van der Waals surface area contributed by atoms with Gasteiger partial charge >= 0.3 is 0 Å². The maximum absolute atomic E-state index is 3.45. The van der Waals surface area contributed by atoms with Crippen LogP contribution in [0.3, 0.4) is 0 Å². The molecule has 1 aromatic carbocycles. The summed E-state index contributed by atoms with van der Waals surface area (Å²) < 4.78 is 3.69. The molecule has 0 amide bonds. The molecule has 1 aromatic heterocycles. The molecule has 2 aromatic rings. The predicted molar refractivity (Wildman–Crippen MR) is 60.4 cm³/mol. The SMILES string of the molecule is BrCCC[n+]1csc2ccccc21.[I-]. The van der Waals surface area contributed by atoms with E-state index in [0.717, 1.165) is 11.9 Å². The number of para-hydroxylation sites is 1. The number of nitrogens with zero attached hydrogens (tertiary/aromatic N) is 1. The summed E-state index contributed by atoms with van der Waals surface area (Å²) in [5.74, 6) is 0. The molecule has 4 heteroatoms. The number of hydrogen-bond donors (Lipinski definition) is 0. The molecular weight excluding hydrogens is 373 g/mol. The first-order chi connectivity index (χ1) is 6.42. The van der Waals surface area contributed by atoms with E-state index in [0.29, 0.717) is 0 Å². The highest BCUT2D eigenvalue weighted by atomic mass is 127. The topological polar surface area (TPSA) is 3.88 Å². The van der Waals surface area contributed by atoms with E-state index < -0.39 is 0 Å². The van der Waals surface area contributed by atoms with Gasteiger partial charge in [-0.1, -0.05) is 39.4 Å². The molecule has 0 saturated carbocycles. The van der Waals surface area contributed by atoms with E-state index in [-0.39, 0.29) is 24.0 Å². The van der Waals surface area contributed by atoms with Crippen molar-refractivity contribution in [2.75, 3.05) is 5.33 Å². The molecular formula is C10H11BrINS. The zero-order chi connectivity index (χ0) is 9.10. The Labute approximate surface area is 113 Å². The molecule has 76 valence electrons. The van der Waals surface area contributed by atoms with Gasteiger partial charge in [-0.3, -0.25) is 0 Å². The molecule has 0 N–H and O–H groups in total. The largest absolute Gasteiger partial charge is 1.00 e. The van der Waals surface area contributed by atoms with E-state index in [1.54, 1.807) is 0 Å². The Balaban J connectivity index is 0.000000980. The average molecular weight is 384 g/mol. The van der Waals surface area contributed by atoms with Gasteiger partial charge in [0.1, 0.15) is 4.70 Å². The second kappa shape index (κ2) is 6.02. The monoisotopic (exact) mass is 383 g/mol. The quantitative estimate of drug-likeness (QED) is 0.398. The number of thiazole rings is 1. The predicted octanol–water partition coefficient (Wildman–Crippen LogP) is -0.0222. The molecule has 0 atom stereocenters. The van der Waals surface area contributed by atoms with Crippen LogP contribution in [0, 0.1) is 0 Å². The summed E-state index contributed by atoms with van der Waals surface area (Å²) in [6, 6.07) is 8.54. The number of fused-ring (bicyclic) bond motifs is 1. The van der Waals surface area contributed by atoms with Crippen molar-refractivity contribution >= 4 is 37.5 Å². The maximum atomic E-state index is 3.45. The van der Waals surface area contributed by atoms with Crippen molar-refractivity contribution in [1.82, 2.24) is 0 Å². The lowest BCUT2D eigenvalue weighted by Crippen LogP contribution is -3.00. The third-order valence-electron chi connectivity index (χ3n) is 2.01.